The van der Waals surface area contributed by atoms with E-state index < -0.39 is 17.8 Å². The number of halogens is 3. The average Bonchev–Trinajstić information content (AvgIpc) is 2.47. The minimum absolute atomic E-state index is 0.0215. The van der Waals surface area contributed by atoms with Gasteiger partial charge in [-0.2, -0.15) is 13.2 Å². The molecule has 0 heterocycles. The number of hydrogen-bond donors (Lipinski definition) is 3. The normalized spacial score (nSPS) is 22.2. The van der Waals surface area contributed by atoms with Crippen LogP contribution in [0.1, 0.15) is 31.2 Å². The van der Waals surface area contributed by atoms with E-state index in [2.05, 4.69) is 10.6 Å². The summed E-state index contributed by atoms with van der Waals surface area (Å²) in [6, 6.07) is 3.98. The third-order valence-corrected chi connectivity index (χ3v) is 4.00. The van der Waals surface area contributed by atoms with Crippen LogP contribution in [-0.2, 0) is 6.18 Å². The van der Waals surface area contributed by atoms with E-state index in [9.17, 15) is 18.0 Å². The Morgan fingerprint density at radius 3 is 2.41 bits per heavy atom. The highest BCUT2D eigenvalue weighted by Gasteiger charge is 2.30. The molecule has 2 amide bonds. The van der Waals surface area contributed by atoms with Gasteiger partial charge in [0.15, 0.2) is 0 Å². The molecule has 0 aromatic heterocycles. The van der Waals surface area contributed by atoms with Crippen molar-refractivity contribution >= 4 is 11.7 Å². The van der Waals surface area contributed by atoms with Crippen LogP contribution in [0.4, 0.5) is 23.7 Å². The number of carbonyl (C=O) groups excluding carboxylic acids is 1. The largest absolute Gasteiger partial charge is 0.416 e. The van der Waals surface area contributed by atoms with Gasteiger partial charge in [-0.05, 0) is 49.6 Å². The molecule has 1 aromatic rings. The molecular weight excluding hydrogens is 295 g/mol. The summed E-state index contributed by atoms with van der Waals surface area (Å²) in [5.74, 6) is 0.257. The monoisotopic (exact) mass is 315 g/mol. The van der Waals surface area contributed by atoms with Gasteiger partial charge in [0.1, 0.15) is 0 Å². The second-order valence-electron chi connectivity index (χ2n) is 5.56. The molecule has 1 saturated carbocycles. The zero-order valence-corrected chi connectivity index (χ0v) is 12.1. The molecule has 0 radical (unpaired) electrons. The highest BCUT2D eigenvalue weighted by Crippen LogP contribution is 2.30. The highest BCUT2D eigenvalue weighted by atomic mass is 19.4. The van der Waals surface area contributed by atoms with Gasteiger partial charge in [0.2, 0.25) is 0 Å². The summed E-state index contributed by atoms with van der Waals surface area (Å²) in [7, 11) is 0. The number of urea groups is 1. The van der Waals surface area contributed by atoms with Gasteiger partial charge in [-0.15, -0.1) is 0 Å². The summed E-state index contributed by atoms with van der Waals surface area (Å²) in [5.41, 5.74) is 5.28. The van der Waals surface area contributed by atoms with Crippen LogP contribution in [0.5, 0.6) is 0 Å². The van der Waals surface area contributed by atoms with Gasteiger partial charge >= 0.3 is 12.2 Å². The lowest BCUT2D eigenvalue weighted by Gasteiger charge is -2.31. The van der Waals surface area contributed by atoms with E-state index in [4.69, 9.17) is 5.73 Å². The predicted octanol–water partition coefficient (Wildman–Crippen LogP) is 3.34. The van der Waals surface area contributed by atoms with Crippen LogP contribution in [0.25, 0.3) is 0 Å². The lowest BCUT2D eigenvalue weighted by molar-refractivity contribution is -0.137. The molecule has 22 heavy (non-hydrogen) atoms. The molecule has 0 bridgehead atoms. The first kappa shape index (κ1) is 16.6. The van der Waals surface area contributed by atoms with Gasteiger partial charge in [-0.3, -0.25) is 0 Å². The Labute approximate surface area is 127 Å². The molecule has 0 saturated heterocycles. The first-order valence-corrected chi connectivity index (χ1v) is 7.35. The standard InChI is InChI=1S/C15H20F3N3O/c16-15(17,18)11-5-7-12(8-6-11)20-14(22)21-13-4-2-1-3-10(13)9-19/h5-8,10,13H,1-4,9,19H2,(H2,20,21,22). The van der Waals surface area contributed by atoms with Crippen molar-refractivity contribution in [2.24, 2.45) is 11.7 Å². The molecule has 1 aliphatic rings. The van der Waals surface area contributed by atoms with Crippen molar-refractivity contribution in [3.8, 4) is 0 Å². The van der Waals surface area contributed by atoms with E-state index in [1.165, 1.54) is 12.1 Å². The van der Waals surface area contributed by atoms with Crippen molar-refractivity contribution < 1.29 is 18.0 Å². The fourth-order valence-corrected chi connectivity index (χ4v) is 2.76. The second kappa shape index (κ2) is 7.00. The SMILES string of the molecule is NCC1CCCCC1NC(=O)Nc1ccc(C(F)(F)F)cc1. The van der Waals surface area contributed by atoms with E-state index in [-0.39, 0.29) is 12.0 Å². The molecule has 4 N–H and O–H groups in total. The lowest BCUT2D eigenvalue weighted by atomic mass is 9.84. The van der Waals surface area contributed by atoms with Gasteiger partial charge in [-0.25, -0.2) is 4.79 Å². The Morgan fingerprint density at radius 2 is 1.82 bits per heavy atom. The third-order valence-electron chi connectivity index (χ3n) is 4.00. The zero-order chi connectivity index (χ0) is 16.2. The molecule has 0 spiro atoms. The lowest BCUT2D eigenvalue weighted by Crippen LogP contribution is -2.46. The van der Waals surface area contributed by atoms with Gasteiger partial charge in [0, 0.05) is 11.7 Å². The number of hydrogen-bond acceptors (Lipinski definition) is 2. The molecule has 122 valence electrons. The summed E-state index contributed by atoms with van der Waals surface area (Å²) in [5, 5.41) is 5.42. The minimum Gasteiger partial charge on any atom is -0.335 e. The first-order chi connectivity index (χ1) is 10.4. The van der Waals surface area contributed by atoms with Crippen LogP contribution in [0, 0.1) is 5.92 Å². The third kappa shape index (κ3) is 4.37. The maximum absolute atomic E-state index is 12.5. The van der Waals surface area contributed by atoms with Crippen LogP contribution in [0.2, 0.25) is 0 Å². The molecule has 1 aromatic carbocycles. The van der Waals surface area contributed by atoms with E-state index >= 15 is 0 Å². The van der Waals surface area contributed by atoms with Crippen molar-refractivity contribution in [2.75, 3.05) is 11.9 Å². The number of carbonyl (C=O) groups is 1. The van der Waals surface area contributed by atoms with Crippen molar-refractivity contribution in [1.82, 2.24) is 5.32 Å². The number of nitrogens with one attached hydrogen (secondary N) is 2. The molecule has 7 heteroatoms. The molecule has 2 rings (SSSR count). The number of anilines is 1. The van der Waals surface area contributed by atoms with Crippen LogP contribution in [0.15, 0.2) is 24.3 Å². The summed E-state index contributed by atoms with van der Waals surface area (Å²) in [6.07, 6.45) is -0.358. The summed E-state index contributed by atoms with van der Waals surface area (Å²) >= 11 is 0. The minimum atomic E-state index is -4.38. The van der Waals surface area contributed by atoms with E-state index in [0.717, 1.165) is 37.8 Å². The summed E-state index contributed by atoms with van der Waals surface area (Å²) in [4.78, 5) is 11.9. The van der Waals surface area contributed by atoms with Gasteiger partial charge in [0.05, 0.1) is 5.56 Å². The van der Waals surface area contributed by atoms with Crippen molar-refractivity contribution in [2.45, 2.75) is 37.9 Å². The van der Waals surface area contributed by atoms with E-state index in [1.807, 2.05) is 0 Å². The molecule has 2 atom stereocenters. The Kier molecular flexibility index (Phi) is 5.28. The summed E-state index contributed by atoms with van der Waals surface area (Å²) < 4.78 is 37.4. The number of amides is 2. The van der Waals surface area contributed by atoms with Crippen LogP contribution < -0.4 is 16.4 Å². The van der Waals surface area contributed by atoms with Crippen LogP contribution in [0.3, 0.4) is 0 Å². The molecule has 0 aliphatic heterocycles. The molecule has 4 nitrogen and oxygen atoms in total. The fraction of sp³-hybridized carbons (Fsp3) is 0.533. The Morgan fingerprint density at radius 1 is 1.18 bits per heavy atom. The maximum atomic E-state index is 12.5. The van der Waals surface area contributed by atoms with Crippen LogP contribution >= 0.6 is 0 Å². The summed E-state index contributed by atoms with van der Waals surface area (Å²) in [6.45, 7) is 0.519. The smallest absolute Gasteiger partial charge is 0.335 e. The highest BCUT2D eigenvalue weighted by molar-refractivity contribution is 5.89. The average molecular weight is 315 g/mol. The molecular formula is C15H20F3N3O. The number of rotatable bonds is 3. The van der Waals surface area contributed by atoms with Gasteiger partial charge < -0.3 is 16.4 Å². The number of alkyl halides is 3. The van der Waals surface area contributed by atoms with Gasteiger partial charge in [-0.1, -0.05) is 12.8 Å². The maximum Gasteiger partial charge on any atom is 0.416 e. The number of benzene rings is 1. The number of nitrogens with two attached hydrogens (primary N) is 1. The van der Waals surface area contributed by atoms with Gasteiger partial charge in [0.25, 0.3) is 0 Å². The van der Waals surface area contributed by atoms with Crippen LogP contribution in [-0.4, -0.2) is 18.6 Å². The zero-order valence-electron chi connectivity index (χ0n) is 12.1. The van der Waals surface area contributed by atoms with Crippen molar-refractivity contribution in [3.05, 3.63) is 29.8 Å². The predicted molar refractivity (Wildman–Crippen MR) is 78.4 cm³/mol. The van der Waals surface area contributed by atoms with E-state index in [0.29, 0.717) is 12.2 Å². The van der Waals surface area contributed by atoms with E-state index in [1.54, 1.807) is 0 Å². The quantitative estimate of drug-likeness (QED) is 0.801. The Hall–Kier alpha value is -1.76. The Balaban J connectivity index is 1.91. The molecule has 1 aliphatic carbocycles. The Bertz CT molecular complexity index is 502. The van der Waals surface area contributed by atoms with Crippen molar-refractivity contribution in [1.29, 1.82) is 0 Å². The topological polar surface area (TPSA) is 67.1 Å². The fourth-order valence-electron chi connectivity index (χ4n) is 2.76. The molecule has 2 unspecified atom stereocenters. The second-order valence-corrected chi connectivity index (χ2v) is 5.56. The molecule has 1 fully saturated rings. The first-order valence-electron chi connectivity index (χ1n) is 7.35. The van der Waals surface area contributed by atoms with Crippen molar-refractivity contribution in [3.63, 3.8) is 0 Å².